The maximum atomic E-state index is 5.72. The summed E-state index contributed by atoms with van der Waals surface area (Å²) in [5.41, 5.74) is 1.57. The Balaban J connectivity index is 1.30. The summed E-state index contributed by atoms with van der Waals surface area (Å²) in [6, 6.07) is 13.1. The molecule has 2 saturated heterocycles. The van der Waals surface area contributed by atoms with Gasteiger partial charge in [0.25, 0.3) is 0 Å². The van der Waals surface area contributed by atoms with E-state index < -0.39 is 0 Å². The van der Waals surface area contributed by atoms with E-state index in [1.165, 1.54) is 63.4 Å². The van der Waals surface area contributed by atoms with Crippen molar-refractivity contribution in [1.29, 1.82) is 0 Å². The third kappa shape index (κ3) is 5.24. The minimum absolute atomic E-state index is 0.157. The van der Waals surface area contributed by atoms with E-state index in [4.69, 9.17) is 22.2 Å². The molecule has 3 heterocycles. The maximum absolute atomic E-state index is 5.72. The van der Waals surface area contributed by atoms with E-state index in [1.807, 2.05) is 0 Å². The number of rotatable bonds is 6. The van der Waals surface area contributed by atoms with Crippen molar-refractivity contribution < 1.29 is 0 Å². The van der Waals surface area contributed by atoms with Gasteiger partial charge in [0.2, 0.25) is 5.95 Å². The summed E-state index contributed by atoms with van der Waals surface area (Å²) in [7, 11) is 0. The normalized spacial score (nSPS) is 20.1. The molecule has 0 unspecified atom stereocenters. The lowest BCUT2D eigenvalue weighted by Gasteiger charge is -2.31. The molecule has 2 N–H and O–H groups in total. The zero-order chi connectivity index (χ0) is 22.5. The number of aromatic nitrogens is 2. The number of piperidine rings is 1. The zero-order valence-corrected chi connectivity index (χ0v) is 20.4. The van der Waals surface area contributed by atoms with Crippen LogP contribution < -0.4 is 20.4 Å². The Labute approximate surface area is 203 Å². The molecule has 1 aromatic carbocycles. The molecule has 7 heteroatoms. The number of nitrogens with zero attached hydrogens (tertiary/aromatic N) is 4. The number of thiocarbonyl (C=S) groups is 1. The third-order valence-electron chi connectivity index (χ3n) is 7.57. The quantitative estimate of drug-likeness (QED) is 0.592. The molecule has 0 atom stereocenters. The van der Waals surface area contributed by atoms with Gasteiger partial charge in [0, 0.05) is 44.2 Å². The van der Waals surface area contributed by atoms with Crippen LogP contribution in [0.2, 0.25) is 0 Å². The van der Waals surface area contributed by atoms with Crippen LogP contribution in [0.1, 0.15) is 63.4 Å². The Morgan fingerprint density at radius 2 is 1.39 bits per heavy atom. The van der Waals surface area contributed by atoms with Gasteiger partial charge in [-0.25, -0.2) is 0 Å². The van der Waals surface area contributed by atoms with Gasteiger partial charge in [-0.15, -0.1) is 0 Å². The van der Waals surface area contributed by atoms with Gasteiger partial charge in [0.15, 0.2) is 5.11 Å². The number of nitrogens with one attached hydrogen (secondary N) is 2. The second-order valence-electron chi connectivity index (χ2n) is 9.81. The van der Waals surface area contributed by atoms with Crippen LogP contribution in [0, 0.1) is 0 Å². The van der Waals surface area contributed by atoms with Gasteiger partial charge in [-0.3, -0.25) is 0 Å². The highest BCUT2D eigenvalue weighted by Crippen LogP contribution is 2.40. The second-order valence-corrected chi connectivity index (χ2v) is 10.2. The van der Waals surface area contributed by atoms with Crippen molar-refractivity contribution in [2.45, 2.75) is 63.2 Å². The van der Waals surface area contributed by atoms with E-state index >= 15 is 0 Å². The molecule has 3 fully saturated rings. The second kappa shape index (κ2) is 10.2. The van der Waals surface area contributed by atoms with E-state index in [0.29, 0.717) is 11.1 Å². The van der Waals surface area contributed by atoms with Crippen molar-refractivity contribution >= 4 is 34.9 Å². The predicted octanol–water partition coefficient (Wildman–Crippen LogP) is 4.87. The molecule has 0 amide bonds. The van der Waals surface area contributed by atoms with E-state index in [0.717, 1.165) is 44.4 Å². The van der Waals surface area contributed by atoms with E-state index in [1.54, 1.807) is 0 Å². The fraction of sp³-hybridized carbons (Fsp3) is 0.577. The van der Waals surface area contributed by atoms with Gasteiger partial charge >= 0.3 is 0 Å². The lowest BCUT2D eigenvalue weighted by Crippen LogP contribution is -2.41. The van der Waals surface area contributed by atoms with E-state index in [2.05, 4.69) is 56.8 Å². The first kappa shape index (κ1) is 22.4. The van der Waals surface area contributed by atoms with Gasteiger partial charge in [-0.1, -0.05) is 43.2 Å². The van der Waals surface area contributed by atoms with Crippen LogP contribution in [-0.4, -0.2) is 47.8 Å². The lowest BCUT2D eigenvalue weighted by atomic mass is 9.79. The summed E-state index contributed by atoms with van der Waals surface area (Å²) in [6.07, 6.45) is 11.2. The fourth-order valence-corrected chi connectivity index (χ4v) is 5.84. The van der Waals surface area contributed by atoms with Crippen molar-refractivity contribution in [2.75, 3.05) is 47.8 Å². The van der Waals surface area contributed by atoms with Gasteiger partial charge in [0.05, 0.1) is 0 Å². The maximum Gasteiger partial charge on any atom is 0.232 e. The molecule has 1 aliphatic carbocycles. The van der Waals surface area contributed by atoms with Gasteiger partial charge in [0.1, 0.15) is 11.6 Å². The summed E-state index contributed by atoms with van der Waals surface area (Å²) in [4.78, 5) is 14.5. The Morgan fingerprint density at radius 3 is 2.00 bits per heavy atom. The number of hydrogen-bond donors (Lipinski definition) is 2. The van der Waals surface area contributed by atoms with Gasteiger partial charge in [-0.2, -0.15) is 9.97 Å². The number of hydrogen-bond acceptors (Lipinski definition) is 5. The molecule has 1 aromatic heterocycles. The van der Waals surface area contributed by atoms with Crippen molar-refractivity contribution in [3.63, 3.8) is 0 Å². The molecular weight excluding hydrogens is 428 g/mol. The Bertz CT molecular complexity index is 931. The molecule has 0 bridgehead atoms. The van der Waals surface area contributed by atoms with E-state index in [9.17, 15) is 0 Å². The van der Waals surface area contributed by atoms with Gasteiger partial charge in [-0.05, 0) is 62.7 Å². The highest BCUT2D eigenvalue weighted by molar-refractivity contribution is 7.80. The molecule has 2 aliphatic heterocycles. The highest BCUT2D eigenvalue weighted by atomic mass is 32.1. The van der Waals surface area contributed by atoms with Crippen LogP contribution >= 0.6 is 12.2 Å². The largest absolute Gasteiger partial charge is 0.361 e. The molecular formula is C26H36N6S. The van der Waals surface area contributed by atoms with Crippen LogP contribution in [-0.2, 0) is 5.41 Å². The van der Waals surface area contributed by atoms with Crippen LogP contribution in [0.4, 0.5) is 17.6 Å². The van der Waals surface area contributed by atoms with E-state index in [-0.39, 0.29) is 5.41 Å². The summed E-state index contributed by atoms with van der Waals surface area (Å²) in [6.45, 7) is 5.11. The first-order valence-corrected chi connectivity index (χ1v) is 13.1. The minimum atomic E-state index is 0.157. The molecule has 0 radical (unpaired) electrons. The SMILES string of the molecule is S=C(NCC1(c2ccccc2)CCCC1)Nc1nc(N2CCCCC2)cc(N2CCCC2)n1. The molecule has 3 aliphatic rings. The Kier molecular flexibility index (Phi) is 6.95. The Hall–Kier alpha value is -2.41. The topological polar surface area (TPSA) is 56.3 Å². The standard InChI is InChI=1S/C26H36N6S/c33-25(27-20-26(13-5-6-14-26)21-11-3-1-4-12-21)30-24-28-22(31-15-7-2-8-16-31)19-23(29-24)32-17-9-10-18-32/h1,3-4,11-12,19H,2,5-10,13-18,20H2,(H2,27,28,29,30,33). The molecule has 33 heavy (non-hydrogen) atoms. The van der Waals surface area contributed by atoms with Crippen molar-refractivity contribution in [3.8, 4) is 0 Å². The van der Waals surface area contributed by atoms with Crippen LogP contribution in [0.5, 0.6) is 0 Å². The molecule has 5 rings (SSSR count). The molecule has 1 saturated carbocycles. The molecule has 6 nitrogen and oxygen atoms in total. The highest BCUT2D eigenvalue weighted by Gasteiger charge is 2.35. The first-order valence-electron chi connectivity index (χ1n) is 12.7. The summed E-state index contributed by atoms with van der Waals surface area (Å²) < 4.78 is 0. The average Bonchev–Trinajstić information content (AvgIpc) is 3.57. The molecule has 0 spiro atoms. The van der Waals surface area contributed by atoms with Crippen LogP contribution in [0.25, 0.3) is 0 Å². The smallest absolute Gasteiger partial charge is 0.232 e. The Morgan fingerprint density at radius 1 is 0.818 bits per heavy atom. The summed E-state index contributed by atoms with van der Waals surface area (Å²) >= 11 is 5.72. The van der Waals surface area contributed by atoms with Gasteiger partial charge < -0.3 is 20.4 Å². The number of benzene rings is 1. The monoisotopic (exact) mass is 464 g/mol. The average molecular weight is 465 g/mol. The van der Waals surface area contributed by atoms with Crippen molar-refractivity contribution in [3.05, 3.63) is 42.0 Å². The van der Waals surface area contributed by atoms with Crippen molar-refractivity contribution in [2.24, 2.45) is 0 Å². The third-order valence-corrected chi connectivity index (χ3v) is 7.82. The van der Waals surface area contributed by atoms with Crippen LogP contribution in [0.15, 0.2) is 36.4 Å². The van der Waals surface area contributed by atoms with Crippen LogP contribution in [0.3, 0.4) is 0 Å². The summed E-state index contributed by atoms with van der Waals surface area (Å²) in [5, 5.41) is 7.45. The molecule has 2 aromatic rings. The first-order chi connectivity index (χ1) is 16.2. The lowest BCUT2D eigenvalue weighted by molar-refractivity contribution is 0.435. The number of anilines is 3. The fourth-order valence-electron chi connectivity index (χ4n) is 5.68. The predicted molar refractivity (Wildman–Crippen MR) is 140 cm³/mol. The molecule has 176 valence electrons. The minimum Gasteiger partial charge on any atom is -0.361 e. The zero-order valence-electron chi connectivity index (χ0n) is 19.6. The van der Waals surface area contributed by atoms with Crippen molar-refractivity contribution in [1.82, 2.24) is 15.3 Å². The summed E-state index contributed by atoms with van der Waals surface area (Å²) in [5.74, 6) is 2.65.